The van der Waals surface area contributed by atoms with E-state index in [0.717, 1.165) is 0 Å². The highest BCUT2D eigenvalue weighted by atomic mass is 35.5. The third-order valence-electron chi connectivity index (χ3n) is 3.10. The SMILES string of the molecule is NC(C(=O)O)c1nc(-c2ccc(F)cc2)oc1-c1ccc(Cl)s1. The molecule has 3 N–H and O–H groups in total. The zero-order valence-corrected chi connectivity index (χ0v) is 13.1. The van der Waals surface area contributed by atoms with Gasteiger partial charge in [0, 0.05) is 5.56 Å². The predicted octanol–water partition coefficient (Wildman–Crippen LogP) is 3.95. The minimum Gasteiger partial charge on any atom is -0.480 e. The number of benzene rings is 1. The Morgan fingerprint density at radius 1 is 1.30 bits per heavy atom. The molecule has 5 nitrogen and oxygen atoms in total. The largest absolute Gasteiger partial charge is 0.480 e. The van der Waals surface area contributed by atoms with Crippen molar-refractivity contribution in [1.82, 2.24) is 4.98 Å². The standard InChI is InChI=1S/C15H10ClFN2O3S/c16-10-6-5-9(23-10)13-12(11(18)15(20)21)19-14(22-13)7-1-3-8(17)4-2-7/h1-6,11H,18H2,(H,20,21). The number of nitrogens with zero attached hydrogens (tertiary/aromatic N) is 1. The molecule has 0 aliphatic carbocycles. The van der Waals surface area contributed by atoms with Gasteiger partial charge in [-0.15, -0.1) is 11.3 Å². The van der Waals surface area contributed by atoms with E-state index in [9.17, 15) is 9.18 Å². The van der Waals surface area contributed by atoms with Crippen molar-refractivity contribution in [1.29, 1.82) is 0 Å². The van der Waals surface area contributed by atoms with E-state index in [-0.39, 0.29) is 17.3 Å². The normalized spacial score (nSPS) is 12.3. The third kappa shape index (κ3) is 3.12. The molecule has 0 aliphatic heterocycles. The van der Waals surface area contributed by atoms with E-state index < -0.39 is 17.8 Å². The molecule has 2 heterocycles. The molecule has 2 aromatic heterocycles. The zero-order valence-electron chi connectivity index (χ0n) is 11.5. The number of nitrogens with two attached hydrogens (primary N) is 1. The molecule has 0 aliphatic rings. The molecule has 0 radical (unpaired) electrons. The van der Waals surface area contributed by atoms with E-state index >= 15 is 0 Å². The van der Waals surface area contributed by atoms with Crippen LogP contribution in [0.2, 0.25) is 4.34 Å². The molecule has 0 fully saturated rings. The first-order valence-corrected chi connectivity index (χ1v) is 7.66. The molecule has 3 aromatic rings. The number of oxazole rings is 1. The van der Waals surface area contributed by atoms with Crippen LogP contribution in [0.3, 0.4) is 0 Å². The third-order valence-corrected chi connectivity index (χ3v) is 4.33. The molecule has 1 atom stereocenters. The van der Waals surface area contributed by atoms with Crippen molar-refractivity contribution in [3.63, 3.8) is 0 Å². The number of carboxylic acids is 1. The summed E-state index contributed by atoms with van der Waals surface area (Å²) in [5.74, 6) is -1.21. The van der Waals surface area contributed by atoms with Crippen molar-refractivity contribution in [2.45, 2.75) is 6.04 Å². The Balaban J connectivity index is 2.13. The van der Waals surface area contributed by atoms with Gasteiger partial charge in [-0.3, -0.25) is 4.79 Å². The van der Waals surface area contributed by atoms with Crippen molar-refractivity contribution < 1.29 is 18.7 Å². The lowest BCUT2D eigenvalue weighted by molar-refractivity contribution is -0.138. The van der Waals surface area contributed by atoms with Crippen LogP contribution in [0.1, 0.15) is 11.7 Å². The monoisotopic (exact) mass is 352 g/mol. The van der Waals surface area contributed by atoms with E-state index in [4.69, 9.17) is 26.9 Å². The Labute approximate surface area is 139 Å². The van der Waals surface area contributed by atoms with Crippen molar-refractivity contribution in [3.8, 4) is 22.1 Å². The molecule has 118 valence electrons. The van der Waals surface area contributed by atoms with Crippen LogP contribution in [0.4, 0.5) is 4.39 Å². The van der Waals surface area contributed by atoms with Crippen LogP contribution in [-0.2, 0) is 4.79 Å². The fraction of sp³-hybridized carbons (Fsp3) is 0.0667. The summed E-state index contributed by atoms with van der Waals surface area (Å²) < 4.78 is 19.2. The molecule has 3 rings (SSSR count). The van der Waals surface area contributed by atoms with E-state index in [1.165, 1.54) is 35.6 Å². The highest BCUT2D eigenvalue weighted by Crippen LogP contribution is 2.37. The predicted molar refractivity (Wildman–Crippen MR) is 84.8 cm³/mol. The number of hydrogen-bond donors (Lipinski definition) is 2. The van der Waals surface area contributed by atoms with Crippen molar-refractivity contribution in [2.75, 3.05) is 0 Å². The lowest BCUT2D eigenvalue weighted by Gasteiger charge is -2.03. The van der Waals surface area contributed by atoms with Gasteiger partial charge >= 0.3 is 5.97 Å². The van der Waals surface area contributed by atoms with Crippen molar-refractivity contribution in [3.05, 3.63) is 52.2 Å². The second kappa shape index (κ2) is 6.11. The van der Waals surface area contributed by atoms with Crippen LogP contribution in [0.25, 0.3) is 22.1 Å². The second-order valence-corrected chi connectivity index (χ2v) is 6.38. The fourth-order valence-electron chi connectivity index (χ4n) is 1.99. The van der Waals surface area contributed by atoms with Crippen LogP contribution >= 0.6 is 22.9 Å². The number of carbonyl (C=O) groups is 1. The summed E-state index contributed by atoms with van der Waals surface area (Å²) in [6.07, 6.45) is 0. The molecular weight excluding hydrogens is 343 g/mol. The minimum absolute atomic E-state index is 0.0929. The Hall–Kier alpha value is -2.22. The quantitative estimate of drug-likeness (QED) is 0.742. The van der Waals surface area contributed by atoms with Gasteiger partial charge in [0.05, 0.1) is 9.21 Å². The average molecular weight is 353 g/mol. The summed E-state index contributed by atoms with van der Waals surface area (Å²) >= 11 is 7.13. The Bertz CT molecular complexity index is 860. The molecule has 0 saturated carbocycles. The summed E-state index contributed by atoms with van der Waals surface area (Å²) in [5, 5.41) is 9.15. The van der Waals surface area contributed by atoms with Crippen molar-refractivity contribution >= 4 is 28.9 Å². The fourth-order valence-corrected chi connectivity index (χ4v) is 3.02. The summed E-state index contributed by atoms with van der Waals surface area (Å²) in [6, 6.07) is 7.52. The van der Waals surface area contributed by atoms with Gasteiger partial charge in [0.2, 0.25) is 5.89 Å². The lowest BCUT2D eigenvalue weighted by atomic mass is 10.1. The Morgan fingerprint density at radius 2 is 2.00 bits per heavy atom. The number of aliphatic carboxylic acids is 1. The molecule has 0 bridgehead atoms. The minimum atomic E-state index is -1.34. The van der Waals surface area contributed by atoms with Gasteiger partial charge in [0.1, 0.15) is 17.6 Å². The summed E-state index contributed by atoms with van der Waals surface area (Å²) in [4.78, 5) is 16.0. The van der Waals surface area contributed by atoms with E-state index in [1.54, 1.807) is 12.1 Å². The van der Waals surface area contributed by atoms with Crippen LogP contribution in [0.15, 0.2) is 40.8 Å². The molecule has 1 aromatic carbocycles. The zero-order chi connectivity index (χ0) is 16.6. The number of halogens is 2. The van der Waals surface area contributed by atoms with Gasteiger partial charge in [-0.05, 0) is 36.4 Å². The van der Waals surface area contributed by atoms with Crippen LogP contribution in [0.5, 0.6) is 0 Å². The Kier molecular flexibility index (Phi) is 4.16. The topological polar surface area (TPSA) is 89.4 Å². The van der Waals surface area contributed by atoms with Crippen LogP contribution in [0, 0.1) is 5.82 Å². The van der Waals surface area contributed by atoms with Gasteiger partial charge < -0.3 is 15.3 Å². The number of hydrogen-bond acceptors (Lipinski definition) is 5. The number of carboxylic acid groups (broad SMARTS) is 1. The van der Waals surface area contributed by atoms with Gasteiger partial charge in [0.15, 0.2) is 5.76 Å². The number of rotatable bonds is 4. The lowest BCUT2D eigenvalue weighted by Crippen LogP contribution is -2.21. The molecule has 0 amide bonds. The molecule has 8 heteroatoms. The molecule has 23 heavy (non-hydrogen) atoms. The molecule has 0 saturated heterocycles. The first kappa shape index (κ1) is 15.7. The second-order valence-electron chi connectivity index (χ2n) is 4.66. The van der Waals surface area contributed by atoms with E-state index in [0.29, 0.717) is 14.8 Å². The molecular formula is C15H10ClFN2O3S. The highest BCUT2D eigenvalue weighted by molar-refractivity contribution is 7.19. The van der Waals surface area contributed by atoms with Gasteiger partial charge in [-0.1, -0.05) is 11.6 Å². The van der Waals surface area contributed by atoms with Crippen LogP contribution < -0.4 is 5.73 Å². The summed E-state index contributed by atoms with van der Waals surface area (Å²) in [7, 11) is 0. The van der Waals surface area contributed by atoms with Crippen LogP contribution in [-0.4, -0.2) is 16.1 Å². The number of thiophene rings is 1. The van der Waals surface area contributed by atoms with E-state index in [1.807, 2.05) is 0 Å². The maximum atomic E-state index is 13.0. The number of aromatic nitrogens is 1. The average Bonchev–Trinajstić information content (AvgIpc) is 3.13. The van der Waals surface area contributed by atoms with E-state index in [2.05, 4.69) is 4.98 Å². The molecule has 1 unspecified atom stereocenters. The smallest absolute Gasteiger partial charge is 0.326 e. The maximum Gasteiger partial charge on any atom is 0.326 e. The van der Waals surface area contributed by atoms with Gasteiger partial charge in [0.25, 0.3) is 0 Å². The maximum absolute atomic E-state index is 13.0. The Morgan fingerprint density at radius 3 is 2.57 bits per heavy atom. The molecule has 0 spiro atoms. The first-order chi connectivity index (χ1) is 11.0. The first-order valence-electron chi connectivity index (χ1n) is 6.46. The summed E-state index contributed by atoms with van der Waals surface area (Å²) in [5.41, 5.74) is 6.29. The highest BCUT2D eigenvalue weighted by Gasteiger charge is 2.26. The summed E-state index contributed by atoms with van der Waals surface area (Å²) in [6.45, 7) is 0. The van der Waals surface area contributed by atoms with Gasteiger partial charge in [-0.2, -0.15) is 0 Å². The van der Waals surface area contributed by atoms with Crippen molar-refractivity contribution in [2.24, 2.45) is 5.73 Å². The van der Waals surface area contributed by atoms with Gasteiger partial charge in [-0.25, -0.2) is 9.37 Å².